The molecule has 2 N–H and O–H groups in total. The van der Waals surface area contributed by atoms with Gasteiger partial charge in [0.2, 0.25) is 3.79 Å². The van der Waals surface area contributed by atoms with Crippen LogP contribution in [0.1, 0.15) is 5.56 Å². The van der Waals surface area contributed by atoms with Crippen LogP contribution in [0.4, 0.5) is 10.5 Å². The summed E-state index contributed by atoms with van der Waals surface area (Å²) in [5.74, 6) is 0. The summed E-state index contributed by atoms with van der Waals surface area (Å²) in [5, 5.41) is 5.31. The second-order valence-electron chi connectivity index (χ2n) is 3.62. The van der Waals surface area contributed by atoms with Gasteiger partial charge in [-0.05, 0) is 19.1 Å². The Balaban J connectivity index is 2.78. The van der Waals surface area contributed by atoms with E-state index in [1.807, 2.05) is 31.2 Å². The molecule has 1 atom stereocenters. The van der Waals surface area contributed by atoms with Gasteiger partial charge in [0.1, 0.15) is 6.17 Å². The number of hydrogen-bond donors (Lipinski definition) is 2. The van der Waals surface area contributed by atoms with Crippen molar-refractivity contribution in [2.75, 3.05) is 12.4 Å². The Bertz CT molecular complexity index is 404. The number of alkyl carbamates (subject to hydrolysis) is 1. The van der Waals surface area contributed by atoms with Gasteiger partial charge in [0.25, 0.3) is 0 Å². The maximum atomic E-state index is 11.2. The normalized spacial score (nSPS) is 12.7. The van der Waals surface area contributed by atoms with Gasteiger partial charge in [-0.15, -0.1) is 0 Å². The SMILES string of the molecule is COC(=O)N[C@@H](Nc1ccc(C)cc1)C(Cl)(Cl)Cl. The topological polar surface area (TPSA) is 50.4 Å². The molecular weight excluding hydrogens is 298 g/mol. The molecule has 1 amide bonds. The lowest BCUT2D eigenvalue weighted by atomic mass is 10.2. The molecule has 1 aromatic carbocycles. The minimum atomic E-state index is -1.71. The molecule has 0 spiro atoms. The van der Waals surface area contributed by atoms with Crippen LogP contribution in [0.2, 0.25) is 0 Å². The van der Waals surface area contributed by atoms with E-state index >= 15 is 0 Å². The number of nitrogens with one attached hydrogen (secondary N) is 2. The average molecular weight is 312 g/mol. The minimum absolute atomic E-state index is 0.689. The molecule has 0 fully saturated rings. The summed E-state index contributed by atoms with van der Waals surface area (Å²) in [6.07, 6.45) is -1.59. The number of anilines is 1. The van der Waals surface area contributed by atoms with Crippen molar-refractivity contribution in [1.29, 1.82) is 0 Å². The number of amides is 1. The Morgan fingerprint density at radius 1 is 1.28 bits per heavy atom. The quantitative estimate of drug-likeness (QED) is 0.664. The van der Waals surface area contributed by atoms with Gasteiger partial charge in [-0.3, -0.25) is 5.32 Å². The zero-order valence-corrected chi connectivity index (χ0v) is 12.1. The molecule has 18 heavy (non-hydrogen) atoms. The van der Waals surface area contributed by atoms with Crippen LogP contribution < -0.4 is 10.6 Å². The lowest BCUT2D eigenvalue weighted by Crippen LogP contribution is -2.49. The van der Waals surface area contributed by atoms with E-state index in [0.29, 0.717) is 5.69 Å². The number of aryl methyl sites for hydroxylation is 1. The highest BCUT2D eigenvalue weighted by molar-refractivity contribution is 6.68. The highest BCUT2D eigenvalue weighted by Gasteiger charge is 2.34. The van der Waals surface area contributed by atoms with Crippen molar-refractivity contribution in [3.05, 3.63) is 29.8 Å². The first kappa shape index (κ1) is 15.2. The van der Waals surface area contributed by atoms with E-state index in [0.717, 1.165) is 5.56 Å². The van der Waals surface area contributed by atoms with Gasteiger partial charge in [0, 0.05) is 5.69 Å². The number of rotatable bonds is 3. The van der Waals surface area contributed by atoms with Crippen LogP contribution in [0.3, 0.4) is 0 Å². The van der Waals surface area contributed by atoms with E-state index < -0.39 is 16.1 Å². The smallest absolute Gasteiger partial charge is 0.408 e. The van der Waals surface area contributed by atoms with Crippen molar-refractivity contribution >= 4 is 46.6 Å². The van der Waals surface area contributed by atoms with Crippen LogP contribution in [-0.4, -0.2) is 23.2 Å². The third-order valence-electron chi connectivity index (χ3n) is 2.14. The monoisotopic (exact) mass is 310 g/mol. The molecule has 0 aromatic heterocycles. The van der Waals surface area contributed by atoms with Crippen molar-refractivity contribution in [1.82, 2.24) is 5.32 Å². The van der Waals surface area contributed by atoms with Crippen LogP contribution in [-0.2, 0) is 4.74 Å². The fourth-order valence-electron chi connectivity index (χ4n) is 1.19. The van der Waals surface area contributed by atoms with Crippen molar-refractivity contribution < 1.29 is 9.53 Å². The van der Waals surface area contributed by atoms with Crippen LogP contribution in [0.15, 0.2) is 24.3 Å². The number of hydrogen-bond acceptors (Lipinski definition) is 3. The van der Waals surface area contributed by atoms with E-state index in [4.69, 9.17) is 34.8 Å². The number of carbonyl (C=O) groups is 1. The molecule has 4 nitrogen and oxygen atoms in total. The molecule has 0 radical (unpaired) electrons. The predicted octanol–water partition coefficient (Wildman–Crippen LogP) is 3.46. The highest BCUT2D eigenvalue weighted by atomic mass is 35.6. The van der Waals surface area contributed by atoms with Crippen LogP contribution in [0.5, 0.6) is 0 Å². The van der Waals surface area contributed by atoms with Crippen LogP contribution in [0, 0.1) is 6.92 Å². The molecule has 100 valence electrons. The highest BCUT2D eigenvalue weighted by Crippen LogP contribution is 2.31. The third kappa shape index (κ3) is 4.80. The number of carbonyl (C=O) groups excluding carboxylic acids is 1. The van der Waals surface area contributed by atoms with E-state index in [1.54, 1.807) is 0 Å². The standard InChI is InChI=1S/C11H13Cl3N2O2/c1-7-3-5-8(6-4-7)15-9(11(12,13)14)16-10(17)18-2/h3-6,9,15H,1-2H3,(H,16,17)/t9-/m1/s1. The summed E-state index contributed by atoms with van der Waals surface area (Å²) in [5.41, 5.74) is 1.82. The lowest BCUT2D eigenvalue weighted by molar-refractivity contribution is 0.168. The molecule has 0 saturated heterocycles. The summed E-state index contributed by atoms with van der Waals surface area (Å²) in [6, 6.07) is 7.43. The second-order valence-corrected chi connectivity index (χ2v) is 5.99. The zero-order valence-electron chi connectivity index (χ0n) is 9.84. The van der Waals surface area contributed by atoms with Gasteiger partial charge in [-0.25, -0.2) is 4.79 Å². The number of halogens is 3. The lowest BCUT2D eigenvalue weighted by Gasteiger charge is -2.26. The van der Waals surface area contributed by atoms with Crippen LogP contribution >= 0.6 is 34.8 Å². The summed E-state index contributed by atoms with van der Waals surface area (Å²) >= 11 is 17.3. The summed E-state index contributed by atoms with van der Waals surface area (Å²) in [6.45, 7) is 1.96. The number of ether oxygens (including phenoxy) is 1. The number of methoxy groups -OCH3 is 1. The second kappa shape index (κ2) is 6.36. The third-order valence-corrected chi connectivity index (χ3v) is 2.79. The Morgan fingerprint density at radius 2 is 1.83 bits per heavy atom. The van der Waals surface area contributed by atoms with E-state index in [9.17, 15) is 4.79 Å². The molecule has 0 heterocycles. The van der Waals surface area contributed by atoms with Crippen molar-refractivity contribution in [2.24, 2.45) is 0 Å². The minimum Gasteiger partial charge on any atom is -0.453 e. The summed E-state index contributed by atoms with van der Waals surface area (Å²) < 4.78 is 2.76. The van der Waals surface area contributed by atoms with Gasteiger partial charge < -0.3 is 10.1 Å². The van der Waals surface area contributed by atoms with Gasteiger partial charge in [-0.2, -0.15) is 0 Å². The van der Waals surface area contributed by atoms with Gasteiger partial charge in [0.15, 0.2) is 0 Å². The van der Waals surface area contributed by atoms with E-state index in [-0.39, 0.29) is 0 Å². The van der Waals surface area contributed by atoms with Crippen molar-refractivity contribution in [3.8, 4) is 0 Å². The molecule has 0 bridgehead atoms. The fourth-order valence-corrected chi connectivity index (χ4v) is 1.52. The summed E-state index contributed by atoms with van der Waals surface area (Å²) in [7, 11) is 1.23. The number of benzene rings is 1. The zero-order chi connectivity index (χ0) is 13.8. The predicted molar refractivity (Wildman–Crippen MR) is 74.4 cm³/mol. The molecule has 0 aliphatic carbocycles. The summed E-state index contributed by atoms with van der Waals surface area (Å²) in [4.78, 5) is 11.2. The van der Waals surface area contributed by atoms with Gasteiger partial charge in [-0.1, -0.05) is 52.5 Å². The largest absolute Gasteiger partial charge is 0.453 e. The van der Waals surface area contributed by atoms with Crippen molar-refractivity contribution in [2.45, 2.75) is 16.9 Å². The number of alkyl halides is 3. The molecule has 1 aromatic rings. The van der Waals surface area contributed by atoms with Gasteiger partial charge >= 0.3 is 6.09 Å². The maximum absolute atomic E-state index is 11.2. The fraction of sp³-hybridized carbons (Fsp3) is 0.364. The Labute approximate surface area is 121 Å². The first-order valence-corrected chi connectivity index (χ1v) is 6.20. The molecule has 0 unspecified atom stereocenters. The van der Waals surface area contributed by atoms with E-state index in [2.05, 4.69) is 15.4 Å². The Kier molecular flexibility index (Phi) is 5.38. The average Bonchev–Trinajstić information content (AvgIpc) is 2.29. The molecular formula is C11H13Cl3N2O2. The molecule has 1 rings (SSSR count). The maximum Gasteiger partial charge on any atom is 0.408 e. The molecule has 7 heteroatoms. The molecule has 0 aliphatic rings. The Morgan fingerprint density at radius 3 is 2.28 bits per heavy atom. The molecule has 0 aliphatic heterocycles. The first-order chi connectivity index (χ1) is 8.32. The molecule has 0 saturated carbocycles. The first-order valence-electron chi connectivity index (χ1n) is 5.07. The van der Waals surface area contributed by atoms with Gasteiger partial charge in [0.05, 0.1) is 7.11 Å². The van der Waals surface area contributed by atoms with Crippen LogP contribution in [0.25, 0.3) is 0 Å². The Hall–Kier alpha value is -0.840. The van der Waals surface area contributed by atoms with Crippen molar-refractivity contribution in [3.63, 3.8) is 0 Å². The van der Waals surface area contributed by atoms with E-state index in [1.165, 1.54) is 7.11 Å².